The number of likely N-dealkylation sites (N-methyl/N-ethyl adjacent to an activating group) is 1. The highest BCUT2D eigenvalue weighted by atomic mass is 16.5. The molecule has 12 heteroatoms. The van der Waals surface area contributed by atoms with Gasteiger partial charge in [-0.1, -0.05) is 12.1 Å². The number of hydrogen-bond acceptors (Lipinski definition) is 9. The smallest absolute Gasteiger partial charge is 0.259 e. The zero-order chi connectivity index (χ0) is 36.6. The van der Waals surface area contributed by atoms with Gasteiger partial charge in [-0.3, -0.25) is 14.5 Å². The first-order valence-electron chi connectivity index (χ1n) is 18.1. The first kappa shape index (κ1) is 36.6. The monoisotopic (exact) mass is 707 g/mol. The van der Waals surface area contributed by atoms with Crippen LogP contribution in [-0.4, -0.2) is 110 Å². The minimum Gasteiger partial charge on any atom is -0.496 e. The molecular formula is C40H49N7O5. The maximum atomic E-state index is 13.8. The number of ether oxygens (including phenoxy) is 2. The number of amides is 2. The van der Waals surface area contributed by atoms with E-state index in [0.717, 1.165) is 81.3 Å². The molecule has 0 aliphatic carbocycles. The van der Waals surface area contributed by atoms with E-state index in [2.05, 4.69) is 38.0 Å². The number of carbonyl (C=O) groups is 2. The molecule has 274 valence electrons. The summed E-state index contributed by atoms with van der Waals surface area (Å²) in [5, 5.41) is 3.00. The molecule has 0 bridgehead atoms. The van der Waals surface area contributed by atoms with E-state index < -0.39 is 0 Å². The fraction of sp³-hybridized carbons (Fsp3) is 0.425. The predicted molar refractivity (Wildman–Crippen MR) is 203 cm³/mol. The van der Waals surface area contributed by atoms with Gasteiger partial charge in [-0.05, 0) is 107 Å². The van der Waals surface area contributed by atoms with Gasteiger partial charge in [-0.2, -0.15) is 0 Å². The third kappa shape index (κ3) is 8.65. The van der Waals surface area contributed by atoms with Crippen LogP contribution >= 0.6 is 0 Å². The number of aromatic amines is 1. The Bertz CT molecular complexity index is 1940. The number of carbonyl (C=O) groups excluding carboxylic acids is 3. The number of nitrogens with zero attached hydrogens (tertiary/aromatic N) is 5. The molecule has 2 aliphatic heterocycles. The first-order chi connectivity index (χ1) is 25.2. The third-order valence-corrected chi connectivity index (χ3v) is 9.92. The lowest BCUT2D eigenvalue weighted by Gasteiger charge is -2.34. The van der Waals surface area contributed by atoms with Crippen molar-refractivity contribution in [3.05, 3.63) is 82.8 Å². The lowest BCUT2D eigenvalue weighted by atomic mass is 10.1. The minimum absolute atomic E-state index is 0.279. The van der Waals surface area contributed by atoms with Crippen molar-refractivity contribution in [1.29, 1.82) is 0 Å². The Morgan fingerprint density at radius 1 is 0.981 bits per heavy atom. The van der Waals surface area contributed by atoms with Gasteiger partial charge in [-0.25, -0.2) is 9.78 Å². The van der Waals surface area contributed by atoms with Crippen molar-refractivity contribution < 1.29 is 23.9 Å². The SMILES string of the molecule is COc1cc(C(=O)N(C)c2ccc(C)cc2OCCCCC(=C=O)N2CCN(C)CC2)ccc1C(=O)Nc1cccc2[nH]c(CN3CCCC3)nc12. The summed E-state index contributed by atoms with van der Waals surface area (Å²) >= 11 is 0. The second-order valence-corrected chi connectivity index (χ2v) is 13.7. The molecule has 0 atom stereocenters. The number of likely N-dealkylation sites (tertiary alicyclic amines) is 1. The summed E-state index contributed by atoms with van der Waals surface area (Å²) in [5.74, 6) is 3.25. The molecule has 6 rings (SSSR count). The van der Waals surface area contributed by atoms with E-state index in [9.17, 15) is 14.4 Å². The highest BCUT2D eigenvalue weighted by Crippen LogP contribution is 2.32. The molecule has 1 aromatic heterocycles. The number of hydrogen-bond donors (Lipinski definition) is 2. The van der Waals surface area contributed by atoms with Gasteiger partial charge in [0.05, 0.1) is 48.4 Å². The molecule has 2 aliphatic rings. The van der Waals surface area contributed by atoms with Crippen LogP contribution in [0.3, 0.4) is 0 Å². The molecule has 2 N–H and O–H groups in total. The number of aryl methyl sites for hydroxylation is 1. The highest BCUT2D eigenvalue weighted by Gasteiger charge is 2.23. The maximum Gasteiger partial charge on any atom is 0.259 e. The molecular weight excluding hydrogens is 658 g/mol. The van der Waals surface area contributed by atoms with Gasteiger partial charge in [0.15, 0.2) is 0 Å². The predicted octanol–water partition coefficient (Wildman–Crippen LogP) is 5.52. The number of fused-ring (bicyclic) bond motifs is 1. The van der Waals surface area contributed by atoms with E-state index in [1.165, 1.54) is 20.0 Å². The molecule has 0 radical (unpaired) electrons. The number of H-pyrrole nitrogens is 1. The number of para-hydroxylation sites is 1. The van der Waals surface area contributed by atoms with E-state index in [0.29, 0.717) is 46.8 Å². The van der Waals surface area contributed by atoms with Crippen LogP contribution in [0.25, 0.3) is 11.0 Å². The number of rotatable bonds is 14. The van der Waals surface area contributed by atoms with Gasteiger partial charge >= 0.3 is 0 Å². The van der Waals surface area contributed by atoms with E-state index in [4.69, 9.17) is 14.5 Å². The summed E-state index contributed by atoms with van der Waals surface area (Å²) in [6.45, 7) is 8.85. The standard InChI is InChI=1S/C40H49N7O5/c1-28-13-16-34(36(24-28)52-23-8-5-10-30(27-48)47-21-19-44(2)20-22-47)45(3)40(50)29-14-15-31(35(25-29)51-4)39(49)42-33-12-9-11-32-38(33)43-37(41-32)26-46-17-6-7-18-46/h9,11-16,24-25H,5-8,10,17-23,26H2,1-4H3,(H,41,43)(H,42,49). The topological polar surface area (TPSA) is 123 Å². The van der Waals surface area contributed by atoms with E-state index >= 15 is 0 Å². The van der Waals surface area contributed by atoms with Crippen LogP contribution in [0.5, 0.6) is 11.5 Å². The van der Waals surface area contributed by atoms with Crippen molar-refractivity contribution >= 4 is 40.2 Å². The van der Waals surface area contributed by atoms with Crippen molar-refractivity contribution in [2.45, 2.75) is 45.6 Å². The Labute approximate surface area is 305 Å². The number of methoxy groups -OCH3 is 1. The normalized spacial score (nSPS) is 15.0. The van der Waals surface area contributed by atoms with Crippen molar-refractivity contribution in [3.63, 3.8) is 0 Å². The lowest BCUT2D eigenvalue weighted by Crippen LogP contribution is -2.44. The number of unbranched alkanes of at least 4 members (excludes halogenated alkanes) is 1. The quantitative estimate of drug-likeness (QED) is 0.129. The lowest BCUT2D eigenvalue weighted by molar-refractivity contribution is 0.0987. The van der Waals surface area contributed by atoms with Gasteiger partial charge < -0.3 is 34.5 Å². The molecule has 2 saturated heterocycles. The summed E-state index contributed by atoms with van der Waals surface area (Å²) in [4.78, 5) is 55.5. The zero-order valence-corrected chi connectivity index (χ0v) is 30.7. The van der Waals surface area contributed by atoms with Crippen LogP contribution in [0.2, 0.25) is 0 Å². The number of anilines is 2. The van der Waals surface area contributed by atoms with Crippen LogP contribution in [0, 0.1) is 6.92 Å². The Morgan fingerprint density at radius 3 is 2.52 bits per heavy atom. The fourth-order valence-corrected chi connectivity index (χ4v) is 6.86. The summed E-state index contributed by atoms with van der Waals surface area (Å²) in [5.41, 5.74) is 5.16. The summed E-state index contributed by atoms with van der Waals surface area (Å²) in [7, 11) is 5.27. The number of aromatic nitrogens is 2. The number of piperazine rings is 1. The van der Waals surface area contributed by atoms with Crippen molar-refractivity contribution in [2.75, 3.05) is 77.3 Å². The van der Waals surface area contributed by atoms with Gasteiger partial charge in [0.2, 0.25) is 0 Å². The fourth-order valence-electron chi connectivity index (χ4n) is 6.86. The Kier molecular flexibility index (Phi) is 11.9. The maximum absolute atomic E-state index is 13.8. The molecule has 3 heterocycles. The van der Waals surface area contributed by atoms with Crippen molar-refractivity contribution in [3.8, 4) is 11.5 Å². The molecule has 3 aromatic carbocycles. The van der Waals surface area contributed by atoms with Crippen LogP contribution in [-0.2, 0) is 11.3 Å². The summed E-state index contributed by atoms with van der Waals surface area (Å²) in [6.07, 6.45) is 4.60. The van der Waals surface area contributed by atoms with Crippen molar-refractivity contribution in [1.82, 2.24) is 24.7 Å². The number of benzene rings is 3. The van der Waals surface area contributed by atoms with Crippen LogP contribution in [0.4, 0.5) is 11.4 Å². The van der Waals surface area contributed by atoms with Gasteiger partial charge in [0, 0.05) is 38.8 Å². The molecule has 0 spiro atoms. The van der Waals surface area contributed by atoms with Gasteiger partial charge in [0.25, 0.3) is 11.8 Å². The zero-order valence-electron chi connectivity index (χ0n) is 30.7. The summed E-state index contributed by atoms with van der Waals surface area (Å²) < 4.78 is 11.8. The largest absolute Gasteiger partial charge is 0.496 e. The van der Waals surface area contributed by atoms with E-state index in [-0.39, 0.29) is 17.6 Å². The molecule has 2 amide bonds. The molecule has 2 fully saturated rings. The Hall–Kier alpha value is -5.16. The van der Waals surface area contributed by atoms with Crippen LogP contribution in [0.15, 0.2) is 60.3 Å². The molecule has 52 heavy (non-hydrogen) atoms. The van der Waals surface area contributed by atoms with Gasteiger partial charge in [0.1, 0.15) is 28.8 Å². The summed E-state index contributed by atoms with van der Waals surface area (Å²) in [6, 6.07) is 16.2. The van der Waals surface area contributed by atoms with Crippen LogP contribution in [0.1, 0.15) is 64.2 Å². The van der Waals surface area contributed by atoms with E-state index in [1.54, 1.807) is 30.1 Å². The minimum atomic E-state index is -0.366. The third-order valence-electron chi connectivity index (χ3n) is 9.92. The first-order valence-corrected chi connectivity index (χ1v) is 18.1. The Morgan fingerprint density at radius 2 is 1.77 bits per heavy atom. The van der Waals surface area contributed by atoms with E-state index in [1.807, 2.05) is 43.3 Å². The number of allylic oxidation sites excluding steroid dienone is 1. The molecule has 0 saturated carbocycles. The molecule has 0 unspecified atom stereocenters. The Balaban J connectivity index is 1.09. The van der Waals surface area contributed by atoms with Crippen LogP contribution < -0.4 is 19.7 Å². The number of nitrogens with one attached hydrogen (secondary N) is 2. The van der Waals surface area contributed by atoms with Gasteiger partial charge in [-0.15, -0.1) is 0 Å². The number of imidazole rings is 1. The molecule has 12 nitrogen and oxygen atoms in total. The average Bonchev–Trinajstić information content (AvgIpc) is 3.83. The second-order valence-electron chi connectivity index (χ2n) is 13.7. The molecule has 4 aromatic rings. The van der Waals surface area contributed by atoms with Crippen molar-refractivity contribution in [2.24, 2.45) is 0 Å². The second kappa shape index (κ2) is 16.9. The highest BCUT2D eigenvalue weighted by molar-refractivity contribution is 6.11. The average molecular weight is 708 g/mol.